The van der Waals surface area contributed by atoms with E-state index in [4.69, 9.17) is 5.73 Å². The molecule has 0 bridgehead atoms. The van der Waals surface area contributed by atoms with Gasteiger partial charge in [0.05, 0.1) is 11.1 Å². The third-order valence-electron chi connectivity index (χ3n) is 3.12. The fraction of sp³-hybridized carbons (Fsp3) is 0.333. The molecule has 1 aromatic heterocycles. The zero-order valence-corrected chi connectivity index (χ0v) is 11.4. The van der Waals surface area contributed by atoms with Gasteiger partial charge in [0, 0.05) is 24.7 Å². The molecule has 100 valence electrons. The molecule has 0 fully saturated rings. The van der Waals surface area contributed by atoms with Gasteiger partial charge in [0.25, 0.3) is 5.91 Å². The summed E-state index contributed by atoms with van der Waals surface area (Å²) in [4.78, 5) is 18.6. The zero-order chi connectivity index (χ0) is 13.8. The summed E-state index contributed by atoms with van der Waals surface area (Å²) >= 11 is 0. The number of nitrogens with two attached hydrogens (primary N) is 1. The molecule has 0 aliphatic heterocycles. The monoisotopic (exact) mass is 257 g/mol. The Balaban J connectivity index is 2.41. The van der Waals surface area contributed by atoms with Crippen molar-refractivity contribution in [3.8, 4) is 0 Å². The summed E-state index contributed by atoms with van der Waals surface area (Å²) in [6.07, 6.45) is 0.810. The maximum atomic E-state index is 12.5. The fourth-order valence-corrected chi connectivity index (χ4v) is 2.12. The lowest BCUT2D eigenvalue weighted by molar-refractivity contribution is 0.0796. The van der Waals surface area contributed by atoms with Crippen molar-refractivity contribution < 1.29 is 4.79 Å². The molecule has 1 heterocycles. The van der Waals surface area contributed by atoms with E-state index in [-0.39, 0.29) is 5.91 Å². The van der Waals surface area contributed by atoms with E-state index in [9.17, 15) is 4.79 Å². The van der Waals surface area contributed by atoms with Crippen molar-refractivity contribution in [3.63, 3.8) is 0 Å². The quantitative estimate of drug-likeness (QED) is 0.911. The van der Waals surface area contributed by atoms with Crippen molar-refractivity contribution in [2.75, 3.05) is 20.1 Å². The molecule has 1 amide bonds. The Labute approximate surface area is 113 Å². The predicted molar refractivity (Wildman–Crippen MR) is 77.1 cm³/mol. The van der Waals surface area contributed by atoms with Crippen LogP contribution in [-0.2, 0) is 0 Å². The molecule has 0 atom stereocenters. The summed E-state index contributed by atoms with van der Waals surface area (Å²) in [5, 5.41) is 0.901. The maximum Gasteiger partial charge on any atom is 0.254 e. The van der Waals surface area contributed by atoms with Crippen LogP contribution in [0, 0.1) is 6.92 Å². The third kappa shape index (κ3) is 2.90. The first kappa shape index (κ1) is 13.5. The van der Waals surface area contributed by atoms with Crippen LogP contribution >= 0.6 is 0 Å². The van der Waals surface area contributed by atoms with Crippen molar-refractivity contribution in [1.29, 1.82) is 0 Å². The number of pyridine rings is 1. The van der Waals surface area contributed by atoms with Crippen LogP contribution in [-0.4, -0.2) is 35.9 Å². The van der Waals surface area contributed by atoms with Gasteiger partial charge in [-0.1, -0.05) is 18.2 Å². The highest BCUT2D eigenvalue weighted by molar-refractivity contribution is 6.06. The lowest BCUT2D eigenvalue weighted by Crippen LogP contribution is -2.29. The highest BCUT2D eigenvalue weighted by Crippen LogP contribution is 2.19. The molecular formula is C15H19N3O. The molecule has 0 spiro atoms. The number of fused-ring (bicyclic) bond motifs is 1. The molecule has 1 aromatic carbocycles. The van der Waals surface area contributed by atoms with Crippen molar-refractivity contribution >= 4 is 16.8 Å². The minimum atomic E-state index is 0.0233. The van der Waals surface area contributed by atoms with Gasteiger partial charge in [-0.25, -0.2) is 0 Å². The first-order valence-electron chi connectivity index (χ1n) is 6.45. The first-order chi connectivity index (χ1) is 9.13. The van der Waals surface area contributed by atoms with Gasteiger partial charge in [0.15, 0.2) is 0 Å². The molecule has 2 aromatic rings. The fourth-order valence-electron chi connectivity index (χ4n) is 2.12. The molecule has 4 heteroatoms. The molecule has 0 aliphatic rings. The highest BCUT2D eigenvalue weighted by Gasteiger charge is 2.15. The van der Waals surface area contributed by atoms with Crippen LogP contribution in [0.25, 0.3) is 10.9 Å². The lowest BCUT2D eigenvalue weighted by Gasteiger charge is -2.18. The molecule has 0 radical (unpaired) electrons. The topological polar surface area (TPSA) is 59.2 Å². The van der Waals surface area contributed by atoms with Gasteiger partial charge in [-0.15, -0.1) is 0 Å². The Morgan fingerprint density at radius 3 is 2.84 bits per heavy atom. The largest absolute Gasteiger partial charge is 0.342 e. The number of nitrogens with zero attached hydrogens (tertiary/aromatic N) is 2. The number of hydrogen-bond donors (Lipinski definition) is 1. The number of carbonyl (C=O) groups is 1. The van der Waals surface area contributed by atoms with Crippen LogP contribution in [0.4, 0.5) is 0 Å². The number of para-hydroxylation sites is 1. The molecule has 0 aliphatic carbocycles. The van der Waals surface area contributed by atoms with Crippen LogP contribution in [0.5, 0.6) is 0 Å². The molecular weight excluding hydrogens is 238 g/mol. The molecule has 2 N–H and O–H groups in total. The Hall–Kier alpha value is -1.94. The second kappa shape index (κ2) is 5.80. The Bertz CT molecular complexity index is 595. The van der Waals surface area contributed by atoms with Crippen LogP contribution in [0.15, 0.2) is 30.3 Å². The summed E-state index contributed by atoms with van der Waals surface area (Å²) < 4.78 is 0. The first-order valence-corrected chi connectivity index (χ1v) is 6.45. The average molecular weight is 257 g/mol. The standard InChI is InChI=1S/C15H19N3O/c1-11-10-13(15(19)18(2)9-5-8-16)12-6-3-4-7-14(12)17-11/h3-4,6-7,10H,5,8-9,16H2,1-2H3. The second-order valence-corrected chi connectivity index (χ2v) is 4.70. The number of aromatic nitrogens is 1. The van der Waals surface area contributed by atoms with E-state index in [2.05, 4.69) is 4.98 Å². The summed E-state index contributed by atoms with van der Waals surface area (Å²) in [7, 11) is 1.81. The van der Waals surface area contributed by atoms with E-state index in [1.807, 2.05) is 44.3 Å². The summed E-state index contributed by atoms with van der Waals surface area (Å²) in [6.45, 7) is 3.17. The normalized spacial score (nSPS) is 10.7. The molecule has 0 saturated carbocycles. The van der Waals surface area contributed by atoms with Crippen molar-refractivity contribution in [3.05, 3.63) is 41.6 Å². The predicted octanol–water partition coefficient (Wildman–Crippen LogP) is 1.96. The van der Waals surface area contributed by atoms with Crippen LogP contribution in [0.2, 0.25) is 0 Å². The SMILES string of the molecule is Cc1cc(C(=O)N(C)CCCN)c2ccccc2n1. The molecule has 19 heavy (non-hydrogen) atoms. The van der Waals surface area contributed by atoms with Crippen molar-refractivity contribution in [2.45, 2.75) is 13.3 Å². The number of benzene rings is 1. The number of amides is 1. The summed E-state index contributed by atoms with van der Waals surface area (Å²) in [5.41, 5.74) is 7.91. The minimum absolute atomic E-state index is 0.0233. The second-order valence-electron chi connectivity index (χ2n) is 4.70. The van der Waals surface area contributed by atoms with Gasteiger partial charge < -0.3 is 10.6 Å². The average Bonchev–Trinajstić information content (AvgIpc) is 2.42. The number of carbonyl (C=O) groups excluding carboxylic acids is 1. The van der Waals surface area contributed by atoms with Crippen LogP contribution < -0.4 is 5.73 Å². The Kier molecular flexibility index (Phi) is 4.12. The number of aryl methyl sites for hydroxylation is 1. The number of hydrogen-bond acceptors (Lipinski definition) is 3. The molecule has 0 unspecified atom stereocenters. The van der Waals surface area contributed by atoms with E-state index in [1.165, 1.54) is 0 Å². The molecule has 4 nitrogen and oxygen atoms in total. The van der Waals surface area contributed by atoms with Gasteiger partial charge in [-0.05, 0) is 32.0 Å². The zero-order valence-electron chi connectivity index (χ0n) is 11.4. The molecule has 0 saturated heterocycles. The lowest BCUT2D eigenvalue weighted by atomic mass is 10.1. The Morgan fingerprint density at radius 1 is 1.37 bits per heavy atom. The third-order valence-corrected chi connectivity index (χ3v) is 3.12. The van der Waals surface area contributed by atoms with Gasteiger partial charge in [-0.3, -0.25) is 9.78 Å². The van der Waals surface area contributed by atoms with Crippen LogP contribution in [0.1, 0.15) is 22.5 Å². The van der Waals surface area contributed by atoms with Gasteiger partial charge >= 0.3 is 0 Å². The summed E-state index contributed by atoms with van der Waals surface area (Å²) in [5.74, 6) is 0.0233. The van der Waals surface area contributed by atoms with E-state index >= 15 is 0 Å². The Morgan fingerprint density at radius 2 is 2.11 bits per heavy atom. The smallest absolute Gasteiger partial charge is 0.254 e. The van der Waals surface area contributed by atoms with Gasteiger partial charge in [0.2, 0.25) is 0 Å². The van der Waals surface area contributed by atoms with E-state index in [0.29, 0.717) is 18.7 Å². The highest BCUT2D eigenvalue weighted by atomic mass is 16.2. The minimum Gasteiger partial charge on any atom is -0.342 e. The van der Waals surface area contributed by atoms with Crippen LogP contribution in [0.3, 0.4) is 0 Å². The van der Waals surface area contributed by atoms with Crippen molar-refractivity contribution in [1.82, 2.24) is 9.88 Å². The van der Waals surface area contributed by atoms with Gasteiger partial charge in [-0.2, -0.15) is 0 Å². The maximum absolute atomic E-state index is 12.5. The summed E-state index contributed by atoms with van der Waals surface area (Å²) in [6, 6.07) is 9.57. The van der Waals surface area contributed by atoms with E-state index in [0.717, 1.165) is 23.0 Å². The van der Waals surface area contributed by atoms with Crippen molar-refractivity contribution in [2.24, 2.45) is 5.73 Å². The van der Waals surface area contributed by atoms with E-state index < -0.39 is 0 Å². The van der Waals surface area contributed by atoms with Gasteiger partial charge in [0.1, 0.15) is 0 Å². The molecule has 2 rings (SSSR count). The van der Waals surface area contributed by atoms with E-state index in [1.54, 1.807) is 4.90 Å². The number of rotatable bonds is 4.